The van der Waals surface area contributed by atoms with Crippen molar-refractivity contribution in [2.24, 2.45) is 0 Å². The van der Waals surface area contributed by atoms with Crippen molar-refractivity contribution < 1.29 is 4.74 Å². The van der Waals surface area contributed by atoms with E-state index >= 15 is 0 Å². The summed E-state index contributed by atoms with van der Waals surface area (Å²) in [7, 11) is 0. The molecule has 1 aromatic rings. The molecule has 0 aliphatic carbocycles. The molecule has 2 heteroatoms. The van der Waals surface area contributed by atoms with E-state index in [1.165, 1.54) is 16.7 Å². The number of rotatable bonds is 6. The molecule has 17 heavy (non-hydrogen) atoms. The van der Waals surface area contributed by atoms with Crippen molar-refractivity contribution in [2.75, 3.05) is 13.2 Å². The molecule has 0 unspecified atom stereocenters. The Morgan fingerprint density at radius 2 is 1.71 bits per heavy atom. The minimum absolute atomic E-state index is 0.0897. The number of benzene rings is 1. The van der Waals surface area contributed by atoms with E-state index in [1.807, 2.05) is 6.92 Å². The molecular formula is C15H25NO. The maximum Gasteiger partial charge on any atom is 0.0750 e. The minimum Gasteiger partial charge on any atom is -0.375 e. The molecule has 0 aliphatic heterocycles. The topological polar surface area (TPSA) is 21.3 Å². The van der Waals surface area contributed by atoms with Gasteiger partial charge in [0.05, 0.1) is 5.60 Å². The van der Waals surface area contributed by atoms with E-state index in [1.54, 1.807) is 0 Å². The lowest BCUT2D eigenvalue weighted by molar-refractivity contribution is -0.00897. The van der Waals surface area contributed by atoms with Crippen LogP contribution in [-0.4, -0.2) is 18.8 Å². The third-order valence-corrected chi connectivity index (χ3v) is 2.70. The molecule has 0 bridgehead atoms. The van der Waals surface area contributed by atoms with Gasteiger partial charge < -0.3 is 10.1 Å². The molecule has 0 aliphatic rings. The van der Waals surface area contributed by atoms with Crippen molar-refractivity contribution >= 4 is 0 Å². The van der Waals surface area contributed by atoms with Crippen LogP contribution < -0.4 is 5.32 Å². The number of aryl methyl sites for hydroxylation is 2. The van der Waals surface area contributed by atoms with Crippen molar-refractivity contribution in [3.8, 4) is 0 Å². The van der Waals surface area contributed by atoms with Gasteiger partial charge in [0.25, 0.3) is 0 Å². The lowest BCUT2D eigenvalue weighted by Gasteiger charge is -2.25. The van der Waals surface area contributed by atoms with Gasteiger partial charge in [-0.1, -0.05) is 29.3 Å². The van der Waals surface area contributed by atoms with E-state index < -0.39 is 0 Å². The summed E-state index contributed by atoms with van der Waals surface area (Å²) < 4.78 is 5.65. The van der Waals surface area contributed by atoms with E-state index in [0.717, 1.165) is 19.7 Å². The van der Waals surface area contributed by atoms with Gasteiger partial charge >= 0.3 is 0 Å². The zero-order chi connectivity index (χ0) is 12.9. The molecule has 0 spiro atoms. The zero-order valence-corrected chi connectivity index (χ0v) is 11.8. The predicted molar refractivity (Wildman–Crippen MR) is 73.3 cm³/mol. The van der Waals surface area contributed by atoms with Gasteiger partial charge in [0.15, 0.2) is 0 Å². The van der Waals surface area contributed by atoms with Gasteiger partial charge in [-0.2, -0.15) is 0 Å². The van der Waals surface area contributed by atoms with Crippen molar-refractivity contribution in [2.45, 2.75) is 46.8 Å². The Balaban J connectivity index is 2.45. The molecule has 1 aromatic carbocycles. The van der Waals surface area contributed by atoms with Crippen LogP contribution in [0.25, 0.3) is 0 Å². The second-order valence-corrected chi connectivity index (χ2v) is 5.29. The molecule has 0 radical (unpaired) electrons. The highest BCUT2D eigenvalue weighted by molar-refractivity contribution is 5.28. The monoisotopic (exact) mass is 235 g/mol. The van der Waals surface area contributed by atoms with Crippen molar-refractivity contribution in [1.29, 1.82) is 0 Å². The van der Waals surface area contributed by atoms with Crippen molar-refractivity contribution in [3.05, 3.63) is 34.9 Å². The maximum absolute atomic E-state index is 5.65. The van der Waals surface area contributed by atoms with Crippen LogP contribution in [0.2, 0.25) is 0 Å². The highest BCUT2D eigenvalue weighted by Gasteiger charge is 2.16. The number of hydrogen-bond acceptors (Lipinski definition) is 2. The average molecular weight is 235 g/mol. The molecule has 2 nitrogen and oxygen atoms in total. The SMILES string of the molecule is CCOC(C)(C)CNCc1cc(C)cc(C)c1. The van der Waals surface area contributed by atoms with Gasteiger partial charge in [0.1, 0.15) is 0 Å². The molecular weight excluding hydrogens is 210 g/mol. The lowest BCUT2D eigenvalue weighted by atomic mass is 10.1. The minimum atomic E-state index is -0.0897. The van der Waals surface area contributed by atoms with Crippen molar-refractivity contribution in [3.63, 3.8) is 0 Å². The first-order valence-corrected chi connectivity index (χ1v) is 6.35. The summed E-state index contributed by atoms with van der Waals surface area (Å²) in [6, 6.07) is 6.66. The van der Waals surface area contributed by atoms with Crippen molar-refractivity contribution in [1.82, 2.24) is 5.32 Å². The number of ether oxygens (including phenoxy) is 1. The Hall–Kier alpha value is -0.860. The smallest absolute Gasteiger partial charge is 0.0750 e. The highest BCUT2D eigenvalue weighted by atomic mass is 16.5. The largest absolute Gasteiger partial charge is 0.375 e. The summed E-state index contributed by atoms with van der Waals surface area (Å²) in [6.07, 6.45) is 0. The van der Waals surface area contributed by atoms with E-state index in [4.69, 9.17) is 4.74 Å². The summed E-state index contributed by atoms with van der Waals surface area (Å²) in [6.45, 7) is 13.1. The number of hydrogen-bond donors (Lipinski definition) is 1. The molecule has 0 saturated carbocycles. The molecule has 0 amide bonds. The van der Waals surface area contributed by atoms with E-state index in [0.29, 0.717) is 0 Å². The van der Waals surface area contributed by atoms with Gasteiger partial charge in [-0.25, -0.2) is 0 Å². The van der Waals surface area contributed by atoms with Crippen LogP contribution in [0.3, 0.4) is 0 Å². The fourth-order valence-electron chi connectivity index (χ4n) is 2.12. The molecule has 1 rings (SSSR count). The lowest BCUT2D eigenvalue weighted by Crippen LogP contribution is -2.37. The third kappa shape index (κ3) is 5.33. The number of nitrogens with one attached hydrogen (secondary N) is 1. The molecule has 1 N–H and O–H groups in total. The first kappa shape index (κ1) is 14.2. The standard InChI is InChI=1S/C15H25NO/c1-6-17-15(4,5)11-16-10-14-8-12(2)7-13(3)9-14/h7-9,16H,6,10-11H2,1-5H3. The molecule has 0 fully saturated rings. The quantitative estimate of drug-likeness (QED) is 0.817. The molecule has 0 saturated heterocycles. The van der Waals surface area contributed by atoms with Gasteiger partial charge in [-0.3, -0.25) is 0 Å². The van der Waals surface area contributed by atoms with Gasteiger partial charge in [-0.15, -0.1) is 0 Å². The highest BCUT2D eigenvalue weighted by Crippen LogP contribution is 2.10. The molecule has 0 aromatic heterocycles. The summed E-state index contributed by atoms with van der Waals surface area (Å²) in [5.74, 6) is 0. The summed E-state index contributed by atoms with van der Waals surface area (Å²) >= 11 is 0. The van der Waals surface area contributed by atoms with Crippen LogP contribution in [0.1, 0.15) is 37.5 Å². The Bertz CT molecular complexity index is 338. The Kier molecular flexibility index (Phi) is 5.16. The normalized spacial score (nSPS) is 11.8. The van der Waals surface area contributed by atoms with E-state index in [9.17, 15) is 0 Å². The second-order valence-electron chi connectivity index (χ2n) is 5.29. The average Bonchev–Trinajstić information content (AvgIpc) is 2.15. The maximum atomic E-state index is 5.65. The second kappa shape index (κ2) is 6.18. The van der Waals surface area contributed by atoms with Crippen LogP contribution in [0.5, 0.6) is 0 Å². The fourth-order valence-corrected chi connectivity index (χ4v) is 2.12. The summed E-state index contributed by atoms with van der Waals surface area (Å²) in [5, 5.41) is 3.46. The van der Waals surface area contributed by atoms with E-state index in [2.05, 4.69) is 51.2 Å². The van der Waals surface area contributed by atoms with Gasteiger partial charge in [0, 0.05) is 19.7 Å². The molecule has 0 heterocycles. The van der Waals surface area contributed by atoms with Crippen LogP contribution in [0.4, 0.5) is 0 Å². The van der Waals surface area contributed by atoms with E-state index in [-0.39, 0.29) is 5.60 Å². The fraction of sp³-hybridized carbons (Fsp3) is 0.600. The van der Waals surface area contributed by atoms with Crippen LogP contribution in [0.15, 0.2) is 18.2 Å². The first-order chi connectivity index (χ1) is 7.93. The Labute approximate surface area is 105 Å². The Morgan fingerprint density at radius 1 is 1.12 bits per heavy atom. The van der Waals surface area contributed by atoms with Crippen LogP contribution in [0, 0.1) is 13.8 Å². The van der Waals surface area contributed by atoms with Gasteiger partial charge in [0.2, 0.25) is 0 Å². The van der Waals surface area contributed by atoms with Crippen LogP contribution in [-0.2, 0) is 11.3 Å². The van der Waals surface area contributed by atoms with Crippen LogP contribution >= 0.6 is 0 Å². The third-order valence-electron chi connectivity index (χ3n) is 2.70. The predicted octanol–water partition coefficient (Wildman–Crippen LogP) is 3.21. The molecule has 0 atom stereocenters. The Morgan fingerprint density at radius 3 is 2.24 bits per heavy atom. The summed E-state index contributed by atoms with van der Waals surface area (Å²) in [5.41, 5.74) is 3.90. The zero-order valence-electron chi connectivity index (χ0n) is 11.8. The first-order valence-electron chi connectivity index (χ1n) is 6.35. The molecule has 96 valence electrons. The van der Waals surface area contributed by atoms with Gasteiger partial charge in [-0.05, 0) is 40.2 Å². The summed E-state index contributed by atoms with van der Waals surface area (Å²) in [4.78, 5) is 0.